The lowest BCUT2D eigenvalue weighted by atomic mass is 10.00. The zero-order chi connectivity index (χ0) is 20.5. The minimum absolute atomic E-state index is 0.0824. The summed E-state index contributed by atoms with van der Waals surface area (Å²) in [6, 6.07) is 13.5. The average Bonchev–Trinajstić information content (AvgIpc) is 2.68. The molecule has 0 aromatic heterocycles. The van der Waals surface area contributed by atoms with Crippen LogP contribution >= 0.6 is 11.8 Å². The Bertz CT molecular complexity index is 823. The average molecular weight is 401 g/mol. The van der Waals surface area contributed by atoms with Gasteiger partial charge in [0.25, 0.3) is 5.91 Å². The third-order valence-electron chi connectivity index (χ3n) is 4.37. The number of benzene rings is 2. The number of nitrogens with one attached hydrogen (secondary N) is 2. The van der Waals surface area contributed by atoms with Crippen LogP contribution in [0.3, 0.4) is 0 Å². The third kappa shape index (κ3) is 6.39. The monoisotopic (exact) mass is 400 g/mol. The first-order valence-electron chi connectivity index (χ1n) is 9.28. The molecule has 2 N–H and O–H groups in total. The molecule has 0 bridgehead atoms. The van der Waals surface area contributed by atoms with E-state index in [0.29, 0.717) is 18.7 Å². The van der Waals surface area contributed by atoms with Crippen molar-refractivity contribution in [2.45, 2.75) is 31.7 Å². The first-order valence-corrected chi connectivity index (χ1v) is 10.3. The van der Waals surface area contributed by atoms with Crippen molar-refractivity contribution >= 4 is 23.6 Å². The van der Waals surface area contributed by atoms with E-state index in [1.165, 1.54) is 11.8 Å². The molecule has 0 fully saturated rings. The predicted molar refractivity (Wildman–Crippen MR) is 114 cm³/mol. The van der Waals surface area contributed by atoms with Gasteiger partial charge >= 0.3 is 0 Å². The Morgan fingerprint density at radius 2 is 1.89 bits per heavy atom. The third-order valence-corrected chi connectivity index (χ3v) is 5.44. The van der Waals surface area contributed by atoms with Gasteiger partial charge in [0.2, 0.25) is 5.91 Å². The van der Waals surface area contributed by atoms with Crippen molar-refractivity contribution in [3.63, 3.8) is 0 Å². The van der Waals surface area contributed by atoms with E-state index in [0.717, 1.165) is 21.6 Å². The van der Waals surface area contributed by atoms with Crippen LogP contribution in [0.15, 0.2) is 47.4 Å². The van der Waals surface area contributed by atoms with Crippen molar-refractivity contribution in [2.75, 3.05) is 26.0 Å². The fourth-order valence-corrected chi connectivity index (χ4v) is 3.73. The zero-order valence-electron chi connectivity index (χ0n) is 16.9. The summed E-state index contributed by atoms with van der Waals surface area (Å²) in [5.74, 6) is 0.0258. The fourth-order valence-electron chi connectivity index (χ4n) is 2.85. The Balaban J connectivity index is 2.03. The van der Waals surface area contributed by atoms with Crippen molar-refractivity contribution in [2.24, 2.45) is 0 Å². The molecular weight excluding hydrogens is 372 g/mol. The van der Waals surface area contributed by atoms with Crippen LogP contribution in [0.25, 0.3) is 0 Å². The molecule has 1 unspecified atom stereocenters. The maximum absolute atomic E-state index is 12.9. The normalized spacial score (nSPS) is 11.7. The zero-order valence-corrected chi connectivity index (χ0v) is 17.7. The Morgan fingerprint density at radius 3 is 2.64 bits per heavy atom. The van der Waals surface area contributed by atoms with Crippen molar-refractivity contribution < 1.29 is 14.3 Å². The van der Waals surface area contributed by atoms with Gasteiger partial charge in [0.15, 0.2) is 0 Å². The van der Waals surface area contributed by atoms with Crippen LogP contribution in [-0.2, 0) is 9.53 Å². The van der Waals surface area contributed by atoms with Gasteiger partial charge in [-0.05, 0) is 44.0 Å². The number of hydrogen-bond acceptors (Lipinski definition) is 4. The molecule has 5 nitrogen and oxygen atoms in total. The summed E-state index contributed by atoms with van der Waals surface area (Å²) < 4.78 is 4.92. The highest BCUT2D eigenvalue weighted by atomic mass is 32.2. The lowest BCUT2D eigenvalue weighted by molar-refractivity contribution is -0.118. The van der Waals surface area contributed by atoms with Crippen LogP contribution in [0.5, 0.6) is 0 Å². The Kier molecular flexibility index (Phi) is 8.54. The summed E-state index contributed by atoms with van der Waals surface area (Å²) in [6.07, 6.45) is 0. The Morgan fingerprint density at radius 1 is 1.14 bits per heavy atom. The molecule has 2 aromatic rings. The van der Waals surface area contributed by atoms with E-state index in [1.807, 2.05) is 39.0 Å². The second-order valence-corrected chi connectivity index (χ2v) is 7.70. The highest BCUT2D eigenvalue weighted by Gasteiger charge is 2.17. The standard InChI is InChI=1S/C22H28N2O3S/c1-15-9-10-16(2)19(13-15)17(3)24-22(26)18-7-5-6-8-20(18)28-14-21(25)23-11-12-27-4/h5-10,13,17H,11-12,14H2,1-4H3,(H,23,25)(H,24,26). The lowest BCUT2D eigenvalue weighted by Crippen LogP contribution is -2.29. The molecule has 2 rings (SSSR count). The molecule has 0 saturated heterocycles. The molecule has 28 heavy (non-hydrogen) atoms. The second kappa shape index (κ2) is 10.9. The van der Waals surface area contributed by atoms with E-state index in [-0.39, 0.29) is 23.6 Å². The van der Waals surface area contributed by atoms with E-state index in [1.54, 1.807) is 13.2 Å². The molecule has 0 spiro atoms. The number of thioether (sulfide) groups is 1. The van der Waals surface area contributed by atoms with Crippen molar-refractivity contribution in [1.82, 2.24) is 10.6 Å². The van der Waals surface area contributed by atoms with Gasteiger partial charge in [-0.2, -0.15) is 0 Å². The number of aryl methyl sites for hydroxylation is 2. The van der Waals surface area contributed by atoms with Gasteiger partial charge in [0.05, 0.1) is 24.0 Å². The van der Waals surface area contributed by atoms with Crippen molar-refractivity contribution in [1.29, 1.82) is 0 Å². The number of hydrogen-bond donors (Lipinski definition) is 2. The van der Waals surface area contributed by atoms with Crippen LogP contribution in [0, 0.1) is 13.8 Å². The summed E-state index contributed by atoms with van der Waals surface area (Å²) in [4.78, 5) is 25.6. The maximum Gasteiger partial charge on any atom is 0.252 e. The molecule has 0 aliphatic rings. The first kappa shape index (κ1) is 22.0. The van der Waals surface area contributed by atoms with Crippen LogP contribution < -0.4 is 10.6 Å². The highest BCUT2D eigenvalue weighted by Crippen LogP contribution is 2.24. The summed E-state index contributed by atoms with van der Waals surface area (Å²) in [5, 5.41) is 5.86. The molecule has 0 heterocycles. The van der Waals surface area contributed by atoms with Crippen LogP contribution in [0.1, 0.15) is 40.0 Å². The predicted octanol–water partition coefficient (Wildman–Crippen LogP) is 3.65. The Hall–Kier alpha value is -2.31. The molecule has 0 radical (unpaired) electrons. The molecule has 0 aliphatic heterocycles. The number of rotatable bonds is 9. The number of carbonyl (C=O) groups is 2. The Labute approximate surface area is 171 Å². The van der Waals surface area contributed by atoms with Crippen LogP contribution in [-0.4, -0.2) is 37.8 Å². The second-order valence-electron chi connectivity index (χ2n) is 6.68. The summed E-state index contributed by atoms with van der Waals surface area (Å²) in [5.41, 5.74) is 4.00. The van der Waals surface area contributed by atoms with Crippen LogP contribution in [0.2, 0.25) is 0 Å². The van der Waals surface area contributed by atoms with Gasteiger partial charge in [-0.15, -0.1) is 11.8 Å². The van der Waals surface area contributed by atoms with E-state index < -0.39 is 0 Å². The largest absolute Gasteiger partial charge is 0.383 e. The number of methoxy groups -OCH3 is 1. The van der Waals surface area contributed by atoms with Gasteiger partial charge in [0.1, 0.15) is 0 Å². The summed E-state index contributed by atoms with van der Waals surface area (Å²) in [6.45, 7) is 7.03. The topological polar surface area (TPSA) is 67.4 Å². The van der Waals surface area contributed by atoms with E-state index in [2.05, 4.69) is 28.8 Å². The molecule has 2 aromatic carbocycles. The first-order chi connectivity index (χ1) is 13.4. The van der Waals surface area contributed by atoms with Gasteiger partial charge in [-0.1, -0.05) is 35.9 Å². The number of amides is 2. The molecule has 0 saturated carbocycles. The van der Waals surface area contributed by atoms with E-state index in [4.69, 9.17) is 4.74 Å². The molecular formula is C22H28N2O3S. The van der Waals surface area contributed by atoms with Gasteiger partial charge in [-0.25, -0.2) is 0 Å². The maximum atomic E-state index is 12.9. The van der Waals surface area contributed by atoms with Gasteiger partial charge in [0, 0.05) is 18.6 Å². The molecule has 0 aliphatic carbocycles. The van der Waals surface area contributed by atoms with Crippen molar-refractivity contribution in [3.8, 4) is 0 Å². The van der Waals surface area contributed by atoms with Gasteiger partial charge < -0.3 is 15.4 Å². The minimum Gasteiger partial charge on any atom is -0.383 e. The molecule has 150 valence electrons. The van der Waals surface area contributed by atoms with E-state index >= 15 is 0 Å². The quantitative estimate of drug-likeness (QED) is 0.498. The molecule has 6 heteroatoms. The SMILES string of the molecule is COCCNC(=O)CSc1ccccc1C(=O)NC(C)c1cc(C)ccc1C. The highest BCUT2D eigenvalue weighted by molar-refractivity contribution is 8.00. The lowest BCUT2D eigenvalue weighted by Gasteiger charge is -2.18. The molecule has 1 atom stereocenters. The van der Waals surface area contributed by atoms with Gasteiger partial charge in [-0.3, -0.25) is 9.59 Å². The van der Waals surface area contributed by atoms with Crippen molar-refractivity contribution in [3.05, 3.63) is 64.7 Å². The summed E-state index contributed by atoms with van der Waals surface area (Å²) >= 11 is 1.36. The minimum atomic E-state index is -0.142. The number of ether oxygens (including phenoxy) is 1. The smallest absolute Gasteiger partial charge is 0.252 e. The summed E-state index contributed by atoms with van der Waals surface area (Å²) in [7, 11) is 1.59. The van der Waals surface area contributed by atoms with E-state index in [9.17, 15) is 9.59 Å². The fraction of sp³-hybridized carbons (Fsp3) is 0.364. The molecule has 2 amide bonds. The number of carbonyl (C=O) groups excluding carboxylic acids is 2. The van der Waals surface area contributed by atoms with Crippen LogP contribution in [0.4, 0.5) is 0 Å².